The smallest absolute Gasteiger partial charge is 0.168 e. The number of hydrogen-bond donors (Lipinski definition) is 1. The van der Waals surface area contributed by atoms with Gasteiger partial charge in [-0.15, -0.1) is 11.3 Å². The van der Waals surface area contributed by atoms with Crippen LogP contribution in [-0.2, 0) is 11.2 Å². The molecule has 1 atom stereocenters. The zero-order valence-corrected chi connectivity index (χ0v) is 11.7. The van der Waals surface area contributed by atoms with Crippen LogP contribution in [0.3, 0.4) is 0 Å². The van der Waals surface area contributed by atoms with Crippen molar-refractivity contribution in [1.29, 1.82) is 0 Å². The predicted molar refractivity (Wildman–Crippen MR) is 77.2 cm³/mol. The van der Waals surface area contributed by atoms with Crippen LogP contribution in [0.5, 0.6) is 0 Å². The summed E-state index contributed by atoms with van der Waals surface area (Å²) in [5.41, 5.74) is 1.94. The van der Waals surface area contributed by atoms with E-state index in [4.69, 9.17) is 0 Å². The second kappa shape index (κ2) is 6.59. The number of benzene rings is 1. The number of carbonyl (C=O) groups is 1. The van der Waals surface area contributed by atoms with E-state index in [-0.39, 0.29) is 12.2 Å². The third-order valence-corrected chi connectivity index (χ3v) is 3.73. The average molecular weight is 275 g/mol. The largest absolute Gasteiger partial charge is 0.385 e. The molecule has 0 spiro atoms. The van der Waals surface area contributed by atoms with E-state index in [9.17, 15) is 9.90 Å². The van der Waals surface area contributed by atoms with Crippen LogP contribution in [-0.4, -0.2) is 22.0 Å². The number of Topliss-reactive ketones (excluding diaryl/α,β-unsaturated/α-hetero) is 1. The third-order valence-electron chi connectivity index (χ3n) is 2.88. The molecule has 1 heterocycles. The summed E-state index contributed by atoms with van der Waals surface area (Å²) in [5, 5.41) is 12.3. The van der Waals surface area contributed by atoms with Gasteiger partial charge in [0.2, 0.25) is 0 Å². The van der Waals surface area contributed by atoms with Gasteiger partial charge < -0.3 is 5.11 Å². The minimum Gasteiger partial charge on any atom is -0.385 e. The Balaban J connectivity index is 2.04. The van der Waals surface area contributed by atoms with E-state index >= 15 is 0 Å². The molecular weight excluding hydrogens is 258 g/mol. The predicted octanol–water partition coefficient (Wildman–Crippen LogP) is 3.08. The Hall–Kier alpha value is -1.52. The van der Waals surface area contributed by atoms with Crippen LogP contribution in [0.2, 0.25) is 0 Å². The van der Waals surface area contributed by atoms with Gasteiger partial charge in [-0.05, 0) is 6.42 Å². The van der Waals surface area contributed by atoms with Gasteiger partial charge in [-0.1, -0.05) is 43.7 Å². The Morgan fingerprint density at radius 2 is 2.11 bits per heavy atom. The first-order valence-electron chi connectivity index (χ1n) is 6.41. The summed E-state index contributed by atoms with van der Waals surface area (Å²) in [5.74, 6) is -0.143. The number of aliphatic hydroxyl groups is 1. The number of carbonyl (C=O) groups excluding carboxylic acids is 1. The molecule has 19 heavy (non-hydrogen) atoms. The number of ketones is 1. The average Bonchev–Trinajstić information content (AvgIpc) is 2.88. The molecule has 0 fully saturated rings. The molecule has 0 aliphatic carbocycles. The molecule has 1 unspecified atom stereocenters. The van der Waals surface area contributed by atoms with Crippen molar-refractivity contribution >= 4 is 17.1 Å². The highest BCUT2D eigenvalue weighted by molar-refractivity contribution is 7.10. The van der Waals surface area contributed by atoms with E-state index in [0.717, 1.165) is 22.7 Å². The molecule has 0 amide bonds. The summed E-state index contributed by atoms with van der Waals surface area (Å²) in [7, 11) is 0. The topological polar surface area (TPSA) is 50.2 Å². The molecule has 0 saturated heterocycles. The summed E-state index contributed by atoms with van der Waals surface area (Å²) in [6.45, 7) is 1.95. The van der Waals surface area contributed by atoms with E-state index < -0.39 is 6.10 Å². The first-order chi connectivity index (χ1) is 9.20. The summed E-state index contributed by atoms with van der Waals surface area (Å²) < 4.78 is 0. The lowest BCUT2D eigenvalue weighted by Gasteiger charge is -2.05. The van der Waals surface area contributed by atoms with Crippen molar-refractivity contribution in [2.24, 2.45) is 0 Å². The monoisotopic (exact) mass is 275 g/mol. The third kappa shape index (κ3) is 3.72. The molecule has 0 bridgehead atoms. The molecule has 1 aromatic heterocycles. The standard InChI is InChI=1S/C15H17NO2S/c1-2-6-13(17)14(18)9-15-16-12(10-19-15)11-7-4-3-5-8-11/h3-5,7-8,10,13,17H,2,6,9H2,1H3. The SMILES string of the molecule is CCCC(O)C(=O)Cc1nc(-c2ccccc2)cs1. The Bertz CT molecular complexity index is 536. The van der Waals surface area contributed by atoms with Crippen molar-refractivity contribution in [2.75, 3.05) is 0 Å². The Labute approximate surface area is 116 Å². The van der Waals surface area contributed by atoms with E-state index in [2.05, 4.69) is 4.98 Å². The van der Waals surface area contributed by atoms with Crippen molar-refractivity contribution < 1.29 is 9.90 Å². The van der Waals surface area contributed by atoms with Gasteiger partial charge in [-0.3, -0.25) is 4.79 Å². The van der Waals surface area contributed by atoms with E-state index in [1.165, 1.54) is 11.3 Å². The van der Waals surface area contributed by atoms with Crippen LogP contribution in [0.15, 0.2) is 35.7 Å². The minimum absolute atomic E-state index is 0.143. The number of hydrogen-bond acceptors (Lipinski definition) is 4. The van der Waals surface area contributed by atoms with Gasteiger partial charge in [0.1, 0.15) is 11.1 Å². The van der Waals surface area contributed by atoms with E-state index in [0.29, 0.717) is 6.42 Å². The normalized spacial score (nSPS) is 12.3. The Morgan fingerprint density at radius 1 is 1.37 bits per heavy atom. The number of rotatable bonds is 6. The highest BCUT2D eigenvalue weighted by Crippen LogP contribution is 2.22. The van der Waals surface area contributed by atoms with Crippen molar-refractivity contribution in [3.63, 3.8) is 0 Å². The van der Waals surface area contributed by atoms with Crippen LogP contribution in [0, 0.1) is 0 Å². The van der Waals surface area contributed by atoms with Gasteiger partial charge in [0, 0.05) is 10.9 Å². The maximum Gasteiger partial charge on any atom is 0.168 e. The van der Waals surface area contributed by atoms with Gasteiger partial charge in [0.05, 0.1) is 12.1 Å². The van der Waals surface area contributed by atoms with Gasteiger partial charge in [0.15, 0.2) is 5.78 Å². The fourth-order valence-electron chi connectivity index (χ4n) is 1.83. The molecule has 1 aromatic carbocycles. The summed E-state index contributed by atoms with van der Waals surface area (Å²) in [6.07, 6.45) is 0.697. The van der Waals surface area contributed by atoms with Crippen molar-refractivity contribution in [3.8, 4) is 11.3 Å². The van der Waals surface area contributed by atoms with Gasteiger partial charge in [-0.25, -0.2) is 4.98 Å². The van der Waals surface area contributed by atoms with Crippen LogP contribution < -0.4 is 0 Å². The van der Waals surface area contributed by atoms with Crippen LogP contribution in [0.1, 0.15) is 24.8 Å². The van der Waals surface area contributed by atoms with Gasteiger partial charge in [0.25, 0.3) is 0 Å². The molecular formula is C15H17NO2S. The zero-order valence-electron chi connectivity index (χ0n) is 10.9. The molecule has 2 aromatic rings. The first kappa shape index (κ1) is 13.9. The molecule has 2 rings (SSSR count). The van der Waals surface area contributed by atoms with Crippen LogP contribution >= 0.6 is 11.3 Å². The summed E-state index contributed by atoms with van der Waals surface area (Å²) >= 11 is 1.47. The summed E-state index contributed by atoms with van der Waals surface area (Å²) in [4.78, 5) is 16.2. The quantitative estimate of drug-likeness (QED) is 0.881. The lowest BCUT2D eigenvalue weighted by atomic mass is 10.1. The number of aromatic nitrogens is 1. The molecule has 100 valence electrons. The second-order valence-corrected chi connectivity index (χ2v) is 5.38. The maximum absolute atomic E-state index is 11.8. The zero-order chi connectivity index (χ0) is 13.7. The number of aliphatic hydroxyl groups excluding tert-OH is 1. The van der Waals surface area contributed by atoms with Crippen molar-refractivity contribution in [1.82, 2.24) is 4.98 Å². The van der Waals surface area contributed by atoms with Gasteiger partial charge in [-0.2, -0.15) is 0 Å². The lowest BCUT2D eigenvalue weighted by Crippen LogP contribution is -2.21. The molecule has 1 N–H and O–H groups in total. The number of nitrogens with zero attached hydrogens (tertiary/aromatic N) is 1. The lowest BCUT2D eigenvalue weighted by molar-refractivity contribution is -0.126. The number of thiazole rings is 1. The molecule has 0 aliphatic heterocycles. The fraction of sp³-hybridized carbons (Fsp3) is 0.333. The molecule has 0 aliphatic rings. The minimum atomic E-state index is -0.853. The molecule has 0 saturated carbocycles. The first-order valence-corrected chi connectivity index (χ1v) is 7.29. The van der Waals surface area contributed by atoms with Crippen molar-refractivity contribution in [3.05, 3.63) is 40.7 Å². The molecule has 4 heteroatoms. The Morgan fingerprint density at radius 3 is 2.79 bits per heavy atom. The van der Waals surface area contributed by atoms with E-state index in [1.807, 2.05) is 42.6 Å². The van der Waals surface area contributed by atoms with Crippen molar-refractivity contribution in [2.45, 2.75) is 32.3 Å². The molecule has 0 radical (unpaired) electrons. The summed E-state index contributed by atoms with van der Waals surface area (Å²) in [6, 6.07) is 9.87. The van der Waals surface area contributed by atoms with E-state index in [1.54, 1.807) is 0 Å². The fourth-order valence-corrected chi connectivity index (χ4v) is 2.65. The van der Waals surface area contributed by atoms with Crippen LogP contribution in [0.4, 0.5) is 0 Å². The molecule has 3 nitrogen and oxygen atoms in total. The maximum atomic E-state index is 11.8. The van der Waals surface area contributed by atoms with Crippen LogP contribution in [0.25, 0.3) is 11.3 Å². The van der Waals surface area contributed by atoms with Gasteiger partial charge >= 0.3 is 0 Å². The highest BCUT2D eigenvalue weighted by atomic mass is 32.1. The second-order valence-electron chi connectivity index (χ2n) is 4.44. The highest BCUT2D eigenvalue weighted by Gasteiger charge is 2.16. The Kier molecular flexibility index (Phi) is 4.82.